The average molecular weight is 365 g/mol. The van der Waals surface area contributed by atoms with Gasteiger partial charge in [-0.25, -0.2) is 8.42 Å². The van der Waals surface area contributed by atoms with Crippen LogP contribution in [0.15, 0.2) is 33.7 Å². The Morgan fingerprint density at radius 1 is 1.44 bits per heavy atom. The fraction of sp³-hybridized carbons (Fsp3) is 0.438. The summed E-state index contributed by atoms with van der Waals surface area (Å²) in [5.41, 5.74) is 1.25. The zero-order chi connectivity index (χ0) is 18.2. The summed E-state index contributed by atoms with van der Waals surface area (Å²) in [5, 5.41) is 14.9. The molecule has 2 aromatic rings. The lowest BCUT2D eigenvalue weighted by Crippen LogP contribution is -2.31. The van der Waals surface area contributed by atoms with Crippen LogP contribution >= 0.6 is 0 Å². The summed E-state index contributed by atoms with van der Waals surface area (Å²) >= 11 is 0. The van der Waals surface area contributed by atoms with Gasteiger partial charge < -0.3 is 4.52 Å². The minimum atomic E-state index is -3.85. The molecule has 0 amide bonds. The zero-order valence-electron chi connectivity index (χ0n) is 14.0. The van der Waals surface area contributed by atoms with Crippen molar-refractivity contribution in [2.75, 3.05) is 6.54 Å². The van der Waals surface area contributed by atoms with E-state index in [0.29, 0.717) is 37.3 Å². The third-order valence-corrected chi connectivity index (χ3v) is 6.38. The molecule has 1 fully saturated rings. The molecule has 0 bridgehead atoms. The van der Waals surface area contributed by atoms with Crippen LogP contribution in [-0.2, 0) is 16.4 Å². The number of hydrogen-bond donors (Lipinski definition) is 0. The minimum Gasteiger partial charge on any atom is -0.361 e. The predicted molar refractivity (Wildman–Crippen MR) is 89.6 cm³/mol. The van der Waals surface area contributed by atoms with Gasteiger partial charge in [-0.3, -0.25) is 10.1 Å². The molecule has 0 N–H and O–H groups in total. The van der Waals surface area contributed by atoms with E-state index in [9.17, 15) is 18.5 Å². The Morgan fingerprint density at radius 3 is 2.88 bits per heavy atom. The Balaban J connectivity index is 2.03. The van der Waals surface area contributed by atoms with Gasteiger partial charge in [-0.2, -0.15) is 4.31 Å². The quantitative estimate of drug-likeness (QED) is 0.595. The molecular weight excluding hydrogens is 346 g/mol. The van der Waals surface area contributed by atoms with Gasteiger partial charge in [-0.1, -0.05) is 18.1 Å². The summed E-state index contributed by atoms with van der Waals surface area (Å²) in [6.07, 6.45) is 2.01. The normalized spacial score (nSPS) is 18.6. The van der Waals surface area contributed by atoms with Crippen LogP contribution in [-0.4, -0.2) is 29.3 Å². The van der Waals surface area contributed by atoms with Crippen molar-refractivity contribution in [3.8, 4) is 0 Å². The molecular formula is C16H19N3O5S. The van der Waals surface area contributed by atoms with Crippen molar-refractivity contribution in [2.24, 2.45) is 0 Å². The van der Waals surface area contributed by atoms with E-state index in [-0.39, 0.29) is 16.6 Å². The van der Waals surface area contributed by atoms with Crippen molar-refractivity contribution in [3.63, 3.8) is 0 Å². The van der Waals surface area contributed by atoms with Gasteiger partial charge in [0, 0.05) is 30.7 Å². The van der Waals surface area contributed by atoms with Crippen LogP contribution in [0.4, 0.5) is 5.69 Å². The third-order valence-electron chi connectivity index (χ3n) is 4.48. The number of nitrogens with zero attached hydrogens (tertiary/aromatic N) is 3. The predicted octanol–water partition coefficient (Wildman–Crippen LogP) is 2.98. The lowest BCUT2D eigenvalue weighted by Gasteiger charge is -2.24. The maximum absolute atomic E-state index is 13.1. The van der Waals surface area contributed by atoms with Crippen LogP contribution in [0.2, 0.25) is 0 Å². The number of sulfonamides is 1. The monoisotopic (exact) mass is 365 g/mol. The van der Waals surface area contributed by atoms with E-state index >= 15 is 0 Å². The molecule has 25 heavy (non-hydrogen) atoms. The molecule has 1 saturated heterocycles. The Morgan fingerprint density at radius 2 is 2.20 bits per heavy atom. The number of aryl methyl sites for hydroxylation is 2. The average Bonchev–Trinajstić information content (AvgIpc) is 3.21. The molecule has 0 aliphatic carbocycles. The highest BCUT2D eigenvalue weighted by Gasteiger charge is 2.39. The van der Waals surface area contributed by atoms with Crippen LogP contribution in [0.5, 0.6) is 0 Å². The van der Waals surface area contributed by atoms with Crippen molar-refractivity contribution in [1.82, 2.24) is 9.46 Å². The highest BCUT2D eigenvalue weighted by Crippen LogP contribution is 2.39. The molecule has 1 aliphatic heterocycles. The van der Waals surface area contributed by atoms with Crippen LogP contribution in [0.1, 0.15) is 42.8 Å². The Hall–Kier alpha value is -2.26. The second kappa shape index (κ2) is 6.57. The van der Waals surface area contributed by atoms with Gasteiger partial charge in [0.15, 0.2) is 0 Å². The van der Waals surface area contributed by atoms with E-state index in [4.69, 9.17) is 4.52 Å². The summed E-state index contributed by atoms with van der Waals surface area (Å²) in [6, 6.07) is 4.80. The standard InChI is InChI=1S/C16H19N3O5S/c1-3-15-16(11(2)17-24-15)14-8-5-9-18(14)25(22,23)13-7-4-6-12(10-13)19(20)21/h4,6-7,10,14H,3,5,8-9H2,1-2H3. The summed E-state index contributed by atoms with van der Waals surface area (Å²) in [5.74, 6) is 0.684. The maximum Gasteiger partial charge on any atom is 0.270 e. The molecule has 9 heteroatoms. The van der Waals surface area contributed by atoms with E-state index in [2.05, 4.69) is 5.16 Å². The van der Waals surface area contributed by atoms with Crippen molar-refractivity contribution >= 4 is 15.7 Å². The van der Waals surface area contributed by atoms with Gasteiger partial charge in [-0.15, -0.1) is 0 Å². The molecule has 0 radical (unpaired) electrons. The van der Waals surface area contributed by atoms with Crippen molar-refractivity contribution in [3.05, 3.63) is 51.4 Å². The molecule has 0 saturated carbocycles. The number of hydrogen-bond acceptors (Lipinski definition) is 6. The molecule has 134 valence electrons. The maximum atomic E-state index is 13.1. The summed E-state index contributed by atoms with van der Waals surface area (Å²) < 4.78 is 32.9. The molecule has 3 rings (SSSR count). The lowest BCUT2D eigenvalue weighted by molar-refractivity contribution is -0.385. The van der Waals surface area contributed by atoms with Gasteiger partial charge in [0.2, 0.25) is 10.0 Å². The second-order valence-corrected chi connectivity index (χ2v) is 7.88. The van der Waals surface area contributed by atoms with Gasteiger partial charge >= 0.3 is 0 Å². The Kier molecular flexibility index (Phi) is 4.61. The Bertz CT molecular complexity index is 906. The summed E-state index contributed by atoms with van der Waals surface area (Å²) in [6.45, 7) is 4.09. The third kappa shape index (κ3) is 3.05. The van der Waals surface area contributed by atoms with Crippen molar-refractivity contribution < 1.29 is 17.9 Å². The number of nitro benzene ring substituents is 1. The molecule has 2 heterocycles. The number of rotatable bonds is 5. The zero-order valence-corrected chi connectivity index (χ0v) is 14.8. The number of non-ortho nitro benzene ring substituents is 1. The second-order valence-electron chi connectivity index (χ2n) is 5.99. The van der Waals surface area contributed by atoms with E-state index in [0.717, 1.165) is 11.6 Å². The van der Waals surface area contributed by atoms with E-state index in [1.165, 1.54) is 22.5 Å². The fourth-order valence-electron chi connectivity index (χ4n) is 3.31. The molecule has 1 atom stereocenters. The van der Waals surface area contributed by atoms with E-state index in [1.807, 2.05) is 6.92 Å². The van der Waals surface area contributed by atoms with Crippen LogP contribution in [0.3, 0.4) is 0 Å². The number of aromatic nitrogens is 1. The highest BCUT2D eigenvalue weighted by molar-refractivity contribution is 7.89. The molecule has 1 aliphatic rings. The molecule has 1 unspecified atom stereocenters. The highest BCUT2D eigenvalue weighted by atomic mass is 32.2. The van der Waals surface area contributed by atoms with Crippen molar-refractivity contribution in [2.45, 2.75) is 44.0 Å². The van der Waals surface area contributed by atoms with Crippen LogP contribution in [0, 0.1) is 17.0 Å². The first kappa shape index (κ1) is 17.6. The van der Waals surface area contributed by atoms with Gasteiger partial charge in [0.1, 0.15) is 5.76 Å². The largest absolute Gasteiger partial charge is 0.361 e. The molecule has 1 aromatic carbocycles. The van der Waals surface area contributed by atoms with Crippen LogP contribution < -0.4 is 0 Å². The molecule has 0 spiro atoms. The first-order chi connectivity index (χ1) is 11.9. The van der Waals surface area contributed by atoms with Gasteiger partial charge in [0.25, 0.3) is 5.69 Å². The Labute approximate surface area is 145 Å². The summed E-state index contributed by atoms with van der Waals surface area (Å²) in [4.78, 5) is 10.3. The van der Waals surface area contributed by atoms with E-state index in [1.54, 1.807) is 6.92 Å². The van der Waals surface area contributed by atoms with E-state index < -0.39 is 14.9 Å². The first-order valence-corrected chi connectivity index (χ1v) is 9.51. The summed E-state index contributed by atoms with van der Waals surface area (Å²) in [7, 11) is -3.85. The van der Waals surface area contributed by atoms with Gasteiger partial charge in [-0.05, 0) is 25.8 Å². The lowest BCUT2D eigenvalue weighted by atomic mass is 10.0. The fourth-order valence-corrected chi connectivity index (χ4v) is 5.02. The topological polar surface area (TPSA) is 107 Å². The molecule has 1 aromatic heterocycles. The minimum absolute atomic E-state index is 0.0687. The molecule has 8 nitrogen and oxygen atoms in total. The smallest absolute Gasteiger partial charge is 0.270 e. The van der Waals surface area contributed by atoms with Crippen LogP contribution in [0.25, 0.3) is 0 Å². The first-order valence-electron chi connectivity index (χ1n) is 8.07. The SMILES string of the molecule is CCc1onc(C)c1C1CCCN1S(=O)(=O)c1cccc([N+](=O)[O-])c1. The number of benzene rings is 1. The van der Waals surface area contributed by atoms with Crippen molar-refractivity contribution in [1.29, 1.82) is 0 Å². The number of nitro groups is 1. The van der Waals surface area contributed by atoms with Gasteiger partial charge in [0.05, 0.1) is 21.6 Å².